The lowest BCUT2D eigenvalue weighted by atomic mass is 10.2. The van der Waals surface area contributed by atoms with Crippen LogP contribution in [0.1, 0.15) is 12.8 Å². The fraction of sp³-hybridized carbons (Fsp3) is 0.231. The zero-order chi connectivity index (χ0) is 14.1. The standard InChI is InChI=1S/C13H8BrF2N3O/c14-7-5-8(15)10(9(16)6-7)19-11(20)13(1-2-13)18-4-3-17-12(18)19/h3-6H,1-2H2. The number of amides is 1. The van der Waals surface area contributed by atoms with Gasteiger partial charge in [0.15, 0.2) is 11.6 Å². The number of nitrogens with zero attached hydrogens (tertiary/aromatic N) is 3. The first-order chi connectivity index (χ1) is 9.54. The number of halogens is 3. The van der Waals surface area contributed by atoms with Crippen LogP contribution < -0.4 is 4.90 Å². The number of carbonyl (C=O) groups is 1. The van der Waals surface area contributed by atoms with Gasteiger partial charge < -0.3 is 4.57 Å². The average molecular weight is 340 g/mol. The maximum atomic E-state index is 14.1. The normalized spacial score (nSPS) is 18.8. The van der Waals surface area contributed by atoms with Crippen molar-refractivity contribution in [3.63, 3.8) is 0 Å². The van der Waals surface area contributed by atoms with Gasteiger partial charge in [-0.05, 0) is 25.0 Å². The number of benzene rings is 1. The molecule has 0 unspecified atom stereocenters. The summed E-state index contributed by atoms with van der Waals surface area (Å²) in [6, 6.07) is 2.27. The molecule has 1 aliphatic carbocycles. The Labute approximate surface area is 121 Å². The molecule has 4 nitrogen and oxygen atoms in total. The van der Waals surface area contributed by atoms with Gasteiger partial charge in [-0.1, -0.05) is 15.9 Å². The Morgan fingerprint density at radius 1 is 1.25 bits per heavy atom. The van der Waals surface area contributed by atoms with Crippen molar-refractivity contribution in [2.24, 2.45) is 0 Å². The highest BCUT2D eigenvalue weighted by Crippen LogP contribution is 2.54. The van der Waals surface area contributed by atoms with E-state index in [4.69, 9.17) is 0 Å². The molecule has 7 heteroatoms. The van der Waals surface area contributed by atoms with Crippen LogP contribution in [0.15, 0.2) is 29.0 Å². The van der Waals surface area contributed by atoms with E-state index in [-0.39, 0.29) is 22.0 Å². The van der Waals surface area contributed by atoms with Crippen LogP contribution in [0, 0.1) is 11.6 Å². The van der Waals surface area contributed by atoms with Gasteiger partial charge in [-0.25, -0.2) is 18.7 Å². The molecule has 102 valence electrons. The first-order valence-corrected chi connectivity index (χ1v) is 6.87. The summed E-state index contributed by atoms with van der Waals surface area (Å²) >= 11 is 3.03. The Morgan fingerprint density at radius 3 is 2.50 bits per heavy atom. The number of fused-ring (bicyclic) bond motifs is 2. The number of rotatable bonds is 1. The topological polar surface area (TPSA) is 38.1 Å². The molecule has 1 aromatic heterocycles. The molecule has 0 bridgehead atoms. The lowest BCUT2D eigenvalue weighted by Gasteiger charge is -2.17. The van der Waals surface area contributed by atoms with E-state index in [9.17, 15) is 13.6 Å². The third kappa shape index (κ3) is 1.33. The maximum Gasteiger partial charge on any atom is 0.260 e. The summed E-state index contributed by atoms with van der Waals surface area (Å²) < 4.78 is 30.2. The average Bonchev–Trinajstić information content (AvgIpc) is 2.99. The van der Waals surface area contributed by atoms with Gasteiger partial charge in [0, 0.05) is 16.9 Å². The molecule has 0 N–H and O–H groups in total. The van der Waals surface area contributed by atoms with E-state index in [1.54, 1.807) is 10.8 Å². The fourth-order valence-corrected chi connectivity index (χ4v) is 3.12. The predicted octanol–water partition coefficient (Wildman–Crippen LogP) is 3.09. The van der Waals surface area contributed by atoms with Crippen molar-refractivity contribution in [3.05, 3.63) is 40.6 Å². The quantitative estimate of drug-likeness (QED) is 0.800. The van der Waals surface area contributed by atoms with Gasteiger partial charge in [0.25, 0.3) is 5.91 Å². The zero-order valence-electron chi connectivity index (χ0n) is 10.1. The second kappa shape index (κ2) is 3.66. The van der Waals surface area contributed by atoms with Crippen LogP contribution in [0.25, 0.3) is 0 Å². The molecule has 2 aromatic rings. The van der Waals surface area contributed by atoms with Crippen molar-refractivity contribution in [2.45, 2.75) is 18.4 Å². The van der Waals surface area contributed by atoms with Crippen LogP contribution in [0.3, 0.4) is 0 Å². The van der Waals surface area contributed by atoms with Crippen LogP contribution in [-0.4, -0.2) is 15.5 Å². The van der Waals surface area contributed by atoms with Gasteiger partial charge in [0.2, 0.25) is 5.95 Å². The minimum atomic E-state index is -0.794. The SMILES string of the molecule is O=C1N(c2c(F)cc(Br)cc2F)c2nccn2C12CC2. The zero-order valence-corrected chi connectivity index (χ0v) is 11.7. The Kier molecular flexibility index (Phi) is 2.20. The highest BCUT2D eigenvalue weighted by molar-refractivity contribution is 9.10. The Morgan fingerprint density at radius 2 is 1.90 bits per heavy atom. The minimum Gasteiger partial charge on any atom is -0.301 e. The molecule has 1 aliphatic heterocycles. The van der Waals surface area contributed by atoms with Crippen LogP contribution in [0.5, 0.6) is 0 Å². The molecule has 4 rings (SSSR count). The molecule has 2 aliphatic rings. The molecular weight excluding hydrogens is 332 g/mol. The van der Waals surface area contributed by atoms with Crippen molar-refractivity contribution in [2.75, 3.05) is 4.90 Å². The van der Waals surface area contributed by atoms with E-state index in [1.165, 1.54) is 6.20 Å². The number of aromatic nitrogens is 2. The number of hydrogen-bond acceptors (Lipinski definition) is 2. The second-order valence-electron chi connectivity index (χ2n) is 4.99. The van der Waals surface area contributed by atoms with E-state index in [2.05, 4.69) is 20.9 Å². The molecule has 1 spiro atoms. The van der Waals surface area contributed by atoms with Crippen molar-refractivity contribution >= 4 is 33.5 Å². The van der Waals surface area contributed by atoms with E-state index in [1.807, 2.05) is 0 Å². The highest BCUT2D eigenvalue weighted by Gasteiger charge is 2.60. The lowest BCUT2D eigenvalue weighted by Crippen LogP contribution is -2.31. The number of anilines is 2. The third-order valence-electron chi connectivity index (χ3n) is 3.81. The summed E-state index contributed by atoms with van der Waals surface area (Å²) in [6.07, 6.45) is 4.55. The number of hydrogen-bond donors (Lipinski definition) is 0. The van der Waals surface area contributed by atoms with E-state index >= 15 is 0 Å². The van der Waals surface area contributed by atoms with E-state index in [0.29, 0.717) is 12.8 Å². The third-order valence-corrected chi connectivity index (χ3v) is 4.27. The molecule has 0 saturated heterocycles. The molecule has 0 atom stereocenters. The van der Waals surface area contributed by atoms with Crippen LogP contribution >= 0.6 is 15.9 Å². The van der Waals surface area contributed by atoms with Gasteiger partial charge in [0.1, 0.15) is 11.2 Å². The fourth-order valence-electron chi connectivity index (χ4n) is 2.72. The maximum absolute atomic E-state index is 14.1. The molecule has 1 amide bonds. The Bertz CT molecular complexity index is 731. The van der Waals surface area contributed by atoms with Crippen LogP contribution in [0.4, 0.5) is 20.4 Å². The number of imidazole rings is 1. The van der Waals surface area contributed by atoms with Crippen molar-refractivity contribution in [3.8, 4) is 0 Å². The van der Waals surface area contributed by atoms with Gasteiger partial charge in [0.05, 0.1) is 0 Å². The van der Waals surface area contributed by atoms with Gasteiger partial charge in [-0.2, -0.15) is 0 Å². The van der Waals surface area contributed by atoms with Gasteiger partial charge in [-0.3, -0.25) is 4.79 Å². The lowest BCUT2D eigenvalue weighted by molar-refractivity contribution is -0.120. The summed E-state index contributed by atoms with van der Waals surface area (Å²) in [5.74, 6) is -1.64. The van der Waals surface area contributed by atoms with Crippen molar-refractivity contribution in [1.29, 1.82) is 0 Å². The first-order valence-electron chi connectivity index (χ1n) is 6.07. The Hall–Kier alpha value is -1.76. The smallest absolute Gasteiger partial charge is 0.260 e. The summed E-state index contributed by atoms with van der Waals surface area (Å²) in [6.45, 7) is 0. The summed E-state index contributed by atoms with van der Waals surface area (Å²) in [7, 11) is 0. The summed E-state index contributed by atoms with van der Waals surface area (Å²) in [5.41, 5.74) is -1.05. The van der Waals surface area contributed by atoms with Gasteiger partial charge >= 0.3 is 0 Å². The molecule has 1 fully saturated rings. The molecule has 2 heterocycles. The van der Waals surface area contributed by atoms with Gasteiger partial charge in [-0.15, -0.1) is 0 Å². The molecule has 20 heavy (non-hydrogen) atoms. The van der Waals surface area contributed by atoms with Crippen molar-refractivity contribution in [1.82, 2.24) is 9.55 Å². The van der Waals surface area contributed by atoms with E-state index in [0.717, 1.165) is 17.0 Å². The second-order valence-corrected chi connectivity index (χ2v) is 5.90. The van der Waals surface area contributed by atoms with Crippen LogP contribution in [0.2, 0.25) is 0 Å². The summed E-state index contributed by atoms with van der Waals surface area (Å²) in [4.78, 5) is 17.6. The van der Waals surface area contributed by atoms with Crippen LogP contribution in [-0.2, 0) is 10.3 Å². The monoisotopic (exact) mass is 339 g/mol. The molecular formula is C13H8BrF2N3O. The summed E-state index contributed by atoms with van der Waals surface area (Å²) in [5, 5.41) is 0. The van der Waals surface area contributed by atoms with E-state index < -0.39 is 17.2 Å². The molecule has 1 aromatic carbocycles. The predicted molar refractivity (Wildman–Crippen MR) is 70.6 cm³/mol. The first kappa shape index (κ1) is 12.0. The minimum absolute atomic E-state index is 0.271. The highest BCUT2D eigenvalue weighted by atomic mass is 79.9. The van der Waals surface area contributed by atoms with Crippen molar-refractivity contribution < 1.29 is 13.6 Å². The Balaban J connectivity index is 1.95. The molecule has 0 radical (unpaired) electrons. The molecule has 1 saturated carbocycles. The number of carbonyl (C=O) groups excluding carboxylic acids is 1. The largest absolute Gasteiger partial charge is 0.301 e.